The summed E-state index contributed by atoms with van der Waals surface area (Å²) in [5.41, 5.74) is -0.186. The van der Waals surface area contributed by atoms with E-state index in [0.29, 0.717) is 23.4 Å². The van der Waals surface area contributed by atoms with Gasteiger partial charge >= 0.3 is 0 Å². The second-order valence-corrected chi connectivity index (χ2v) is 4.82. The van der Waals surface area contributed by atoms with Crippen LogP contribution in [0.25, 0.3) is 10.9 Å². The van der Waals surface area contributed by atoms with Gasteiger partial charge in [-0.2, -0.15) is 4.39 Å². The molecule has 1 heterocycles. The van der Waals surface area contributed by atoms with Crippen LogP contribution >= 0.6 is 0 Å². The second-order valence-electron chi connectivity index (χ2n) is 4.82. The predicted octanol–water partition coefficient (Wildman–Crippen LogP) is 2.89. The van der Waals surface area contributed by atoms with Crippen LogP contribution < -0.4 is 5.56 Å². The molecule has 0 saturated carbocycles. The summed E-state index contributed by atoms with van der Waals surface area (Å²) in [6, 6.07) is 6.80. The molecule has 0 aliphatic rings. The lowest BCUT2D eigenvalue weighted by Crippen LogP contribution is -2.24. The molecule has 0 saturated heterocycles. The lowest BCUT2D eigenvalue weighted by atomic mass is 10.1. The molecule has 0 bridgehead atoms. The molecule has 3 nitrogen and oxygen atoms in total. The van der Waals surface area contributed by atoms with Crippen LogP contribution in [0.2, 0.25) is 0 Å². The molecule has 0 unspecified atom stereocenters. The van der Waals surface area contributed by atoms with E-state index < -0.39 is 17.1 Å². The third-order valence-electron chi connectivity index (χ3n) is 3.02. The third kappa shape index (κ3) is 2.10. The largest absolute Gasteiger partial charge is 0.504 e. The summed E-state index contributed by atoms with van der Waals surface area (Å²) in [7, 11) is 0. The number of aryl methyl sites for hydroxylation is 1. The fourth-order valence-corrected chi connectivity index (χ4v) is 1.97. The summed E-state index contributed by atoms with van der Waals surface area (Å²) in [5, 5.41) is 10.0. The monoisotopic (exact) mass is 249 g/mol. The maximum atomic E-state index is 13.7. The summed E-state index contributed by atoms with van der Waals surface area (Å²) in [5.74, 6) is -1.21. The highest BCUT2D eigenvalue weighted by Crippen LogP contribution is 2.25. The molecule has 1 aromatic heterocycles. The van der Waals surface area contributed by atoms with Gasteiger partial charge in [0.2, 0.25) is 5.82 Å². The van der Waals surface area contributed by atoms with E-state index in [2.05, 4.69) is 0 Å². The first-order valence-corrected chi connectivity index (χ1v) is 6.02. The summed E-state index contributed by atoms with van der Waals surface area (Å²) >= 11 is 0. The van der Waals surface area contributed by atoms with Crippen LogP contribution in [0.3, 0.4) is 0 Å². The van der Waals surface area contributed by atoms with Crippen LogP contribution in [0.1, 0.15) is 20.3 Å². The number of benzene rings is 1. The van der Waals surface area contributed by atoms with Crippen molar-refractivity contribution in [3.8, 4) is 5.75 Å². The molecule has 0 amide bonds. The Hall–Kier alpha value is -1.84. The highest BCUT2D eigenvalue weighted by Gasteiger charge is 2.15. The van der Waals surface area contributed by atoms with Crippen molar-refractivity contribution in [3.63, 3.8) is 0 Å². The van der Waals surface area contributed by atoms with Crippen molar-refractivity contribution in [2.45, 2.75) is 26.8 Å². The van der Waals surface area contributed by atoms with Gasteiger partial charge in [0.1, 0.15) is 0 Å². The highest BCUT2D eigenvalue weighted by molar-refractivity contribution is 5.85. The third-order valence-corrected chi connectivity index (χ3v) is 3.02. The number of rotatable bonds is 3. The number of fused-ring (bicyclic) bond motifs is 1. The lowest BCUT2D eigenvalue weighted by molar-refractivity contribution is 0.424. The zero-order valence-electron chi connectivity index (χ0n) is 10.5. The fourth-order valence-electron chi connectivity index (χ4n) is 1.97. The Morgan fingerprint density at radius 3 is 2.67 bits per heavy atom. The Kier molecular flexibility index (Phi) is 3.36. The van der Waals surface area contributed by atoms with Crippen molar-refractivity contribution < 1.29 is 9.50 Å². The maximum absolute atomic E-state index is 13.7. The quantitative estimate of drug-likeness (QED) is 0.908. The molecule has 96 valence electrons. The van der Waals surface area contributed by atoms with Crippen LogP contribution in [0.15, 0.2) is 29.1 Å². The molecule has 0 spiro atoms. The average Bonchev–Trinajstić information content (AvgIpc) is 2.36. The summed E-state index contributed by atoms with van der Waals surface area (Å²) in [6.07, 6.45) is 0.786. The van der Waals surface area contributed by atoms with E-state index in [9.17, 15) is 14.3 Å². The molecule has 0 atom stereocenters. The average molecular weight is 249 g/mol. The van der Waals surface area contributed by atoms with Gasteiger partial charge in [-0.3, -0.25) is 4.79 Å². The lowest BCUT2D eigenvalue weighted by Gasteiger charge is -2.13. The Morgan fingerprint density at radius 2 is 2.00 bits per heavy atom. The van der Waals surface area contributed by atoms with E-state index in [-0.39, 0.29) is 0 Å². The van der Waals surface area contributed by atoms with Crippen LogP contribution in [-0.4, -0.2) is 9.67 Å². The second kappa shape index (κ2) is 4.80. The Morgan fingerprint density at radius 1 is 1.33 bits per heavy atom. The summed E-state index contributed by atoms with van der Waals surface area (Å²) in [6.45, 7) is 4.54. The van der Waals surface area contributed by atoms with Crippen molar-refractivity contribution in [2.24, 2.45) is 5.92 Å². The summed E-state index contributed by atoms with van der Waals surface area (Å²) < 4.78 is 15.1. The van der Waals surface area contributed by atoms with Gasteiger partial charge in [0.25, 0.3) is 5.56 Å². The van der Waals surface area contributed by atoms with Gasteiger partial charge in [-0.05, 0) is 24.5 Å². The zero-order chi connectivity index (χ0) is 13.3. The van der Waals surface area contributed by atoms with E-state index >= 15 is 0 Å². The Bertz CT molecular complexity index is 631. The minimum atomic E-state index is -1.07. The maximum Gasteiger partial charge on any atom is 0.290 e. The molecular weight excluding hydrogens is 233 g/mol. The molecule has 0 radical (unpaired) electrons. The van der Waals surface area contributed by atoms with E-state index in [4.69, 9.17) is 0 Å². The van der Waals surface area contributed by atoms with Gasteiger partial charge in [0.15, 0.2) is 5.75 Å². The molecule has 18 heavy (non-hydrogen) atoms. The van der Waals surface area contributed by atoms with Crippen LogP contribution in [0, 0.1) is 11.7 Å². The predicted molar refractivity (Wildman–Crippen MR) is 69.3 cm³/mol. The van der Waals surface area contributed by atoms with E-state index in [1.54, 1.807) is 24.3 Å². The Balaban J connectivity index is 2.67. The fraction of sp³-hybridized carbons (Fsp3) is 0.357. The van der Waals surface area contributed by atoms with Crippen molar-refractivity contribution >= 4 is 10.9 Å². The number of hydrogen-bond donors (Lipinski definition) is 1. The number of nitrogens with zero attached hydrogens (tertiary/aromatic N) is 1. The van der Waals surface area contributed by atoms with Crippen molar-refractivity contribution in [2.75, 3.05) is 0 Å². The molecule has 4 heteroatoms. The number of aromatic nitrogens is 1. The van der Waals surface area contributed by atoms with Crippen molar-refractivity contribution in [1.82, 2.24) is 4.57 Å². The SMILES string of the molecule is CC(C)CCn1c(=O)c(F)c(O)c2ccccc21. The number of halogens is 1. The van der Waals surface area contributed by atoms with Crippen LogP contribution in [-0.2, 0) is 6.54 Å². The number of aromatic hydroxyl groups is 1. The van der Waals surface area contributed by atoms with Gasteiger partial charge in [-0.15, -0.1) is 0 Å². The van der Waals surface area contributed by atoms with E-state index in [0.717, 1.165) is 6.42 Å². The minimum absolute atomic E-state index is 0.373. The molecule has 0 aliphatic heterocycles. The first-order chi connectivity index (χ1) is 8.52. The van der Waals surface area contributed by atoms with Crippen molar-refractivity contribution in [3.05, 3.63) is 40.4 Å². The van der Waals surface area contributed by atoms with Gasteiger partial charge in [-0.1, -0.05) is 26.0 Å². The first kappa shape index (κ1) is 12.6. The van der Waals surface area contributed by atoms with Gasteiger partial charge < -0.3 is 9.67 Å². The normalized spacial score (nSPS) is 11.3. The molecule has 0 aliphatic carbocycles. The highest BCUT2D eigenvalue weighted by atomic mass is 19.1. The van der Waals surface area contributed by atoms with Crippen LogP contribution in [0.5, 0.6) is 5.75 Å². The van der Waals surface area contributed by atoms with Crippen molar-refractivity contribution in [1.29, 1.82) is 0 Å². The topological polar surface area (TPSA) is 42.2 Å². The first-order valence-electron chi connectivity index (χ1n) is 6.02. The molecule has 2 aromatic rings. The number of para-hydroxylation sites is 1. The van der Waals surface area contributed by atoms with Gasteiger partial charge in [-0.25, -0.2) is 0 Å². The van der Waals surface area contributed by atoms with Gasteiger partial charge in [0.05, 0.1) is 5.52 Å². The Labute approximate surface area is 104 Å². The van der Waals surface area contributed by atoms with E-state index in [1.165, 1.54) is 4.57 Å². The smallest absolute Gasteiger partial charge is 0.290 e. The van der Waals surface area contributed by atoms with Gasteiger partial charge in [0, 0.05) is 11.9 Å². The minimum Gasteiger partial charge on any atom is -0.504 e. The standard InChI is InChI=1S/C14H16FNO2/c1-9(2)7-8-16-11-6-4-3-5-10(11)13(17)12(15)14(16)18/h3-6,9,17H,7-8H2,1-2H3. The molecule has 1 aromatic carbocycles. The number of hydrogen-bond acceptors (Lipinski definition) is 2. The number of pyridine rings is 1. The van der Waals surface area contributed by atoms with Crippen LogP contribution in [0.4, 0.5) is 4.39 Å². The molecule has 2 rings (SSSR count). The molecule has 1 N–H and O–H groups in total. The molecular formula is C14H16FNO2. The summed E-state index contributed by atoms with van der Waals surface area (Å²) in [4.78, 5) is 11.8. The van der Waals surface area contributed by atoms with E-state index in [1.807, 2.05) is 13.8 Å². The molecule has 0 fully saturated rings. The zero-order valence-corrected chi connectivity index (χ0v) is 10.5.